The van der Waals surface area contributed by atoms with E-state index in [1.807, 2.05) is 6.92 Å². The van der Waals surface area contributed by atoms with E-state index < -0.39 is 6.09 Å². The average molecular weight is 221 g/mol. The summed E-state index contributed by atoms with van der Waals surface area (Å²) in [6.45, 7) is 1.89. The fourth-order valence-electron chi connectivity index (χ4n) is 2.17. The molecule has 86 valence electrons. The van der Waals surface area contributed by atoms with Crippen molar-refractivity contribution >= 4 is 23.2 Å². The Hall–Kier alpha value is -1.91. The molecule has 16 heavy (non-hydrogen) atoms. The van der Waals surface area contributed by atoms with Crippen molar-refractivity contribution in [2.75, 3.05) is 16.4 Å². The third kappa shape index (κ3) is 1.44. The Morgan fingerprint density at radius 3 is 2.81 bits per heavy atom. The van der Waals surface area contributed by atoms with Crippen molar-refractivity contribution < 1.29 is 9.90 Å². The minimum Gasteiger partial charge on any atom is -0.465 e. The van der Waals surface area contributed by atoms with E-state index in [1.165, 1.54) is 4.90 Å². The predicted molar refractivity (Wildman–Crippen MR) is 63.6 cm³/mol. The van der Waals surface area contributed by atoms with Gasteiger partial charge in [0.1, 0.15) is 0 Å². The van der Waals surface area contributed by atoms with Gasteiger partial charge in [-0.1, -0.05) is 0 Å². The van der Waals surface area contributed by atoms with Gasteiger partial charge < -0.3 is 16.6 Å². The van der Waals surface area contributed by atoms with Crippen LogP contribution >= 0.6 is 0 Å². The van der Waals surface area contributed by atoms with Crippen LogP contribution in [0.25, 0.3) is 0 Å². The van der Waals surface area contributed by atoms with Gasteiger partial charge in [-0.3, -0.25) is 4.90 Å². The van der Waals surface area contributed by atoms with Gasteiger partial charge in [0.15, 0.2) is 0 Å². The molecule has 0 bridgehead atoms. The Labute approximate surface area is 93.6 Å². The summed E-state index contributed by atoms with van der Waals surface area (Å²) in [4.78, 5) is 12.5. The maximum atomic E-state index is 11.2. The molecule has 0 aliphatic carbocycles. The highest BCUT2D eigenvalue weighted by Crippen LogP contribution is 2.36. The van der Waals surface area contributed by atoms with E-state index in [0.717, 1.165) is 18.4 Å². The summed E-state index contributed by atoms with van der Waals surface area (Å²) in [5.41, 5.74) is 14.1. The molecular formula is C11H15N3O2. The monoisotopic (exact) mass is 221 g/mol. The highest BCUT2D eigenvalue weighted by molar-refractivity contribution is 5.91. The van der Waals surface area contributed by atoms with Crippen molar-refractivity contribution in [1.29, 1.82) is 0 Å². The van der Waals surface area contributed by atoms with Crippen molar-refractivity contribution in [1.82, 2.24) is 0 Å². The number of nitrogen functional groups attached to an aromatic ring is 2. The standard InChI is InChI=1S/C11H15N3O2/c1-6-2-3-7-9(14(6)11(15)16)5-4-8(12)10(7)13/h4-6H,2-3,12-13H2,1H3,(H,15,16)/t6-/m0/s1. The van der Waals surface area contributed by atoms with Crippen LogP contribution in [0.1, 0.15) is 18.9 Å². The molecule has 1 aromatic rings. The molecule has 5 heteroatoms. The molecule has 1 atom stereocenters. The molecule has 0 saturated carbocycles. The van der Waals surface area contributed by atoms with Gasteiger partial charge in [0.05, 0.1) is 17.1 Å². The van der Waals surface area contributed by atoms with E-state index in [2.05, 4.69) is 0 Å². The van der Waals surface area contributed by atoms with Crippen LogP contribution in [0.15, 0.2) is 12.1 Å². The Balaban J connectivity index is 2.57. The molecule has 1 aliphatic rings. The molecule has 1 aromatic carbocycles. The highest BCUT2D eigenvalue weighted by Gasteiger charge is 2.29. The number of fused-ring (bicyclic) bond motifs is 1. The van der Waals surface area contributed by atoms with Crippen molar-refractivity contribution in [2.24, 2.45) is 0 Å². The molecule has 5 N–H and O–H groups in total. The molecule has 1 amide bonds. The van der Waals surface area contributed by atoms with Gasteiger partial charge in [0.2, 0.25) is 0 Å². The van der Waals surface area contributed by atoms with Crippen LogP contribution in [0, 0.1) is 0 Å². The molecule has 0 saturated heterocycles. The minimum atomic E-state index is -0.947. The lowest BCUT2D eigenvalue weighted by molar-refractivity contribution is 0.198. The Bertz CT molecular complexity index is 445. The van der Waals surface area contributed by atoms with Crippen molar-refractivity contribution in [3.63, 3.8) is 0 Å². The first-order valence-corrected chi connectivity index (χ1v) is 5.21. The first-order valence-electron chi connectivity index (χ1n) is 5.21. The Morgan fingerprint density at radius 1 is 1.50 bits per heavy atom. The average Bonchev–Trinajstić information content (AvgIpc) is 2.22. The predicted octanol–water partition coefficient (Wildman–Crippen LogP) is 1.67. The van der Waals surface area contributed by atoms with Gasteiger partial charge in [-0.05, 0) is 31.9 Å². The number of carbonyl (C=O) groups is 1. The molecular weight excluding hydrogens is 206 g/mol. The number of nitrogens with zero attached hydrogens (tertiary/aromatic N) is 1. The summed E-state index contributed by atoms with van der Waals surface area (Å²) < 4.78 is 0. The second-order valence-electron chi connectivity index (χ2n) is 4.11. The first-order chi connectivity index (χ1) is 7.52. The van der Waals surface area contributed by atoms with Crippen molar-refractivity contribution in [3.05, 3.63) is 17.7 Å². The summed E-state index contributed by atoms with van der Waals surface area (Å²) in [5, 5.41) is 9.17. The minimum absolute atomic E-state index is 0.0203. The van der Waals surface area contributed by atoms with Gasteiger partial charge in [-0.25, -0.2) is 4.79 Å². The van der Waals surface area contributed by atoms with E-state index in [-0.39, 0.29) is 6.04 Å². The summed E-state index contributed by atoms with van der Waals surface area (Å²) in [6, 6.07) is 3.36. The summed E-state index contributed by atoms with van der Waals surface area (Å²) in [6.07, 6.45) is 0.599. The van der Waals surface area contributed by atoms with Crippen LogP contribution in [0.5, 0.6) is 0 Å². The summed E-state index contributed by atoms with van der Waals surface area (Å²) in [7, 11) is 0. The molecule has 0 spiro atoms. The van der Waals surface area contributed by atoms with E-state index in [4.69, 9.17) is 16.6 Å². The van der Waals surface area contributed by atoms with Gasteiger partial charge in [0.25, 0.3) is 0 Å². The van der Waals surface area contributed by atoms with Crippen LogP contribution in [-0.2, 0) is 6.42 Å². The normalized spacial score (nSPS) is 19.3. The fraction of sp³-hybridized carbons (Fsp3) is 0.364. The molecule has 0 radical (unpaired) electrons. The number of carboxylic acid groups (broad SMARTS) is 1. The largest absolute Gasteiger partial charge is 0.465 e. The quantitative estimate of drug-likeness (QED) is 0.581. The maximum Gasteiger partial charge on any atom is 0.412 e. The number of rotatable bonds is 0. The van der Waals surface area contributed by atoms with Gasteiger partial charge >= 0.3 is 6.09 Å². The number of hydrogen-bond donors (Lipinski definition) is 3. The summed E-state index contributed by atoms with van der Waals surface area (Å²) in [5.74, 6) is 0. The van der Waals surface area contributed by atoms with Gasteiger partial charge in [0, 0.05) is 11.6 Å². The van der Waals surface area contributed by atoms with Crippen LogP contribution in [-0.4, -0.2) is 17.2 Å². The van der Waals surface area contributed by atoms with Gasteiger partial charge in [-0.15, -0.1) is 0 Å². The topological polar surface area (TPSA) is 92.6 Å². The number of amides is 1. The molecule has 0 unspecified atom stereocenters. The van der Waals surface area contributed by atoms with Crippen LogP contribution < -0.4 is 16.4 Å². The zero-order valence-electron chi connectivity index (χ0n) is 9.10. The molecule has 0 aromatic heterocycles. The van der Waals surface area contributed by atoms with Crippen LogP contribution in [0.2, 0.25) is 0 Å². The number of anilines is 3. The number of nitrogens with two attached hydrogens (primary N) is 2. The third-order valence-electron chi connectivity index (χ3n) is 3.08. The van der Waals surface area contributed by atoms with E-state index in [9.17, 15) is 4.79 Å². The summed E-state index contributed by atoms with van der Waals surface area (Å²) >= 11 is 0. The number of benzene rings is 1. The van der Waals surface area contributed by atoms with Crippen LogP contribution in [0.3, 0.4) is 0 Å². The molecule has 1 heterocycles. The number of hydrogen-bond acceptors (Lipinski definition) is 3. The molecule has 0 fully saturated rings. The lowest BCUT2D eigenvalue weighted by atomic mass is 9.95. The first kappa shape index (κ1) is 10.6. The zero-order chi connectivity index (χ0) is 11.9. The molecule has 5 nitrogen and oxygen atoms in total. The van der Waals surface area contributed by atoms with Crippen LogP contribution in [0.4, 0.5) is 21.9 Å². The van der Waals surface area contributed by atoms with Crippen molar-refractivity contribution in [2.45, 2.75) is 25.8 Å². The van der Waals surface area contributed by atoms with E-state index >= 15 is 0 Å². The Kier molecular flexibility index (Phi) is 2.38. The zero-order valence-corrected chi connectivity index (χ0v) is 9.10. The van der Waals surface area contributed by atoms with E-state index in [1.54, 1.807) is 12.1 Å². The lowest BCUT2D eigenvalue weighted by Crippen LogP contribution is -2.41. The van der Waals surface area contributed by atoms with Crippen molar-refractivity contribution in [3.8, 4) is 0 Å². The second kappa shape index (κ2) is 3.59. The smallest absolute Gasteiger partial charge is 0.412 e. The molecule has 1 aliphatic heterocycles. The van der Waals surface area contributed by atoms with E-state index in [0.29, 0.717) is 17.1 Å². The third-order valence-corrected chi connectivity index (χ3v) is 3.08. The second-order valence-corrected chi connectivity index (χ2v) is 4.11. The SMILES string of the molecule is C[C@H]1CCc2c(ccc(N)c2N)N1C(=O)O. The molecule has 2 rings (SSSR count). The highest BCUT2D eigenvalue weighted by atomic mass is 16.4. The van der Waals surface area contributed by atoms with Gasteiger partial charge in [-0.2, -0.15) is 0 Å². The fourth-order valence-corrected chi connectivity index (χ4v) is 2.17. The maximum absolute atomic E-state index is 11.2. The lowest BCUT2D eigenvalue weighted by Gasteiger charge is -2.33. The Morgan fingerprint density at radius 2 is 2.19 bits per heavy atom.